The summed E-state index contributed by atoms with van der Waals surface area (Å²) >= 11 is 2.98. The normalized spacial score (nSPS) is 11.0. The molecule has 28 heavy (non-hydrogen) atoms. The zero-order valence-electron chi connectivity index (χ0n) is 14.7. The highest BCUT2D eigenvalue weighted by atomic mass is 32.1. The van der Waals surface area contributed by atoms with Gasteiger partial charge in [-0.3, -0.25) is 14.2 Å². The SMILES string of the molecule is O=C(Cn1cnc2scc(-c3cccs3)c2c1=O)NCCc1ccc(F)cc1. The van der Waals surface area contributed by atoms with E-state index in [0.717, 1.165) is 16.0 Å². The van der Waals surface area contributed by atoms with Gasteiger partial charge in [0.2, 0.25) is 5.91 Å². The molecule has 4 aromatic rings. The van der Waals surface area contributed by atoms with Gasteiger partial charge in [0.1, 0.15) is 17.2 Å². The van der Waals surface area contributed by atoms with Crippen molar-refractivity contribution in [1.29, 1.82) is 0 Å². The molecule has 0 radical (unpaired) electrons. The summed E-state index contributed by atoms with van der Waals surface area (Å²) in [5.74, 6) is -0.552. The number of carbonyl (C=O) groups is 1. The van der Waals surface area contributed by atoms with E-state index < -0.39 is 0 Å². The van der Waals surface area contributed by atoms with Gasteiger partial charge in [-0.05, 0) is 35.6 Å². The number of hydrogen-bond donors (Lipinski definition) is 1. The van der Waals surface area contributed by atoms with E-state index >= 15 is 0 Å². The van der Waals surface area contributed by atoms with Crippen molar-refractivity contribution in [2.75, 3.05) is 6.54 Å². The lowest BCUT2D eigenvalue weighted by atomic mass is 10.1. The lowest BCUT2D eigenvalue weighted by Crippen LogP contribution is -2.33. The molecule has 5 nitrogen and oxygen atoms in total. The van der Waals surface area contributed by atoms with Gasteiger partial charge in [0, 0.05) is 22.4 Å². The summed E-state index contributed by atoms with van der Waals surface area (Å²) in [5, 5.41) is 7.23. The highest BCUT2D eigenvalue weighted by molar-refractivity contribution is 7.18. The van der Waals surface area contributed by atoms with Crippen LogP contribution >= 0.6 is 22.7 Å². The molecule has 0 aliphatic rings. The Balaban J connectivity index is 1.46. The smallest absolute Gasteiger partial charge is 0.263 e. The van der Waals surface area contributed by atoms with Crippen molar-refractivity contribution in [2.24, 2.45) is 0 Å². The maximum Gasteiger partial charge on any atom is 0.263 e. The summed E-state index contributed by atoms with van der Waals surface area (Å²) in [5.41, 5.74) is 1.57. The molecule has 0 saturated carbocycles. The molecule has 0 aliphatic heterocycles. The van der Waals surface area contributed by atoms with Crippen LogP contribution in [-0.4, -0.2) is 22.0 Å². The van der Waals surface area contributed by atoms with Crippen LogP contribution in [0.1, 0.15) is 5.56 Å². The van der Waals surface area contributed by atoms with Gasteiger partial charge in [0.15, 0.2) is 0 Å². The minimum absolute atomic E-state index is 0.0923. The number of nitrogens with zero attached hydrogens (tertiary/aromatic N) is 2. The van der Waals surface area contributed by atoms with Gasteiger partial charge in [0.25, 0.3) is 5.56 Å². The quantitative estimate of drug-likeness (QED) is 0.524. The molecule has 0 spiro atoms. The second-order valence-corrected chi connectivity index (χ2v) is 8.02. The molecule has 0 fully saturated rings. The maximum atomic E-state index is 12.9. The summed E-state index contributed by atoms with van der Waals surface area (Å²) in [7, 11) is 0. The number of aromatic nitrogens is 2. The van der Waals surface area contributed by atoms with Crippen LogP contribution in [0.2, 0.25) is 0 Å². The maximum absolute atomic E-state index is 12.9. The zero-order chi connectivity index (χ0) is 19.5. The molecule has 3 heterocycles. The van der Waals surface area contributed by atoms with Crippen LogP contribution in [0.5, 0.6) is 0 Å². The number of benzene rings is 1. The largest absolute Gasteiger partial charge is 0.354 e. The van der Waals surface area contributed by atoms with Crippen molar-refractivity contribution >= 4 is 38.8 Å². The second kappa shape index (κ2) is 8.04. The van der Waals surface area contributed by atoms with Gasteiger partial charge in [-0.1, -0.05) is 18.2 Å². The van der Waals surface area contributed by atoms with Gasteiger partial charge in [-0.25, -0.2) is 9.37 Å². The number of thiophene rings is 2. The molecule has 0 aliphatic carbocycles. The van der Waals surface area contributed by atoms with Crippen LogP contribution in [0.4, 0.5) is 4.39 Å². The average Bonchev–Trinajstić information content (AvgIpc) is 3.35. The predicted octanol–water partition coefficient (Wildman–Crippen LogP) is 3.68. The van der Waals surface area contributed by atoms with Gasteiger partial charge < -0.3 is 5.32 Å². The molecule has 3 aromatic heterocycles. The fourth-order valence-corrected chi connectivity index (χ4v) is 4.62. The molecular formula is C20H16FN3O2S2. The lowest BCUT2D eigenvalue weighted by Gasteiger charge is -2.08. The average molecular weight is 413 g/mol. The Morgan fingerprint density at radius 2 is 2.00 bits per heavy atom. The minimum Gasteiger partial charge on any atom is -0.354 e. The number of carbonyl (C=O) groups excluding carboxylic acids is 1. The Morgan fingerprint density at radius 3 is 2.75 bits per heavy atom. The van der Waals surface area contributed by atoms with Crippen LogP contribution in [0.25, 0.3) is 20.7 Å². The van der Waals surface area contributed by atoms with Crippen molar-refractivity contribution in [1.82, 2.24) is 14.9 Å². The Morgan fingerprint density at radius 1 is 1.18 bits per heavy atom. The molecule has 142 valence electrons. The van der Waals surface area contributed by atoms with Crippen LogP contribution in [0, 0.1) is 5.82 Å². The Bertz CT molecular complexity index is 1160. The van der Waals surface area contributed by atoms with E-state index in [1.165, 1.54) is 34.4 Å². The molecular weight excluding hydrogens is 397 g/mol. The fourth-order valence-electron chi connectivity index (χ4n) is 2.90. The van der Waals surface area contributed by atoms with E-state index in [9.17, 15) is 14.0 Å². The Hall–Kier alpha value is -2.84. The third-order valence-corrected chi connectivity index (χ3v) is 6.10. The first kappa shape index (κ1) is 18.5. The zero-order valence-corrected chi connectivity index (χ0v) is 16.4. The van der Waals surface area contributed by atoms with E-state index in [4.69, 9.17) is 0 Å². The minimum atomic E-state index is -0.287. The number of amides is 1. The van der Waals surface area contributed by atoms with E-state index in [-0.39, 0.29) is 23.8 Å². The highest BCUT2D eigenvalue weighted by Crippen LogP contribution is 2.33. The van der Waals surface area contributed by atoms with Crippen LogP contribution in [-0.2, 0) is 17.8 Å². The summed E-state index contributed by atoms with van der Waals surface area (Å²) in [6.07, 6.45) is 2.00. The molecule has 0 unspecified atom stereocenters. The number of hydrogen-bond acceptors (Lipinski definition) is 5. The highest BCUT2D eigenvalue weighted by Gasteiger charge is 2.15. The van der Waals surface area contributed by atoms with Crippen molar-refractivity contribution in [3.63, 3.8) is 0 Å². The Labute approximate surface area is 168 Å². The summed E-state index contributed by atoms with van der Waals surface area (Å²) in [6, 6.07) is 10.1. The first-order valence-corrected chi connectivity index (χ1v) is 10.4. The van der Waals surface area contributed by atoms with Crippen LogP contribution in [0.15, 0.2) is 58.3 Å². The van der Waals surface area contributed by atoms with Gasteiger partial charge in [-0.15, -0.1) is 22.7 Å². The van der Waals surface area contributed by atoms with Crippen molar-refractivity contribution in [3.8, 4) is 10.4 Å². The van der Waals surface area contributed by atoms with Gasteiger partial charge in [0.05, 0.1) is 11.7 Å². The number of rotatable bonds is 6. The third kappa shape index (κ3) is 3.88. The van der Waals surface area contributed by atoms with Gasteiger partial charge >= 0.3 is 0 Å². The number of fused-ring (bicyclic) bond motifs is 1. The molecule has 1 amide bonds. The first-order valence-electron chi connectivity index (χ1n) is 8.63. The van der Waals surface area contributed by atoms with Crippen LogP contribution in [0.3, 0.4) is 0 Å². The van der Waals surface area contributed by atoms with Crippen molar-refractivity contribution < 1.29 is 9.18 Å². The number of halogens is 1. The topological polar surface area (TPSA) is 64.0 Å². The molecule has 1 N–H and O–H groups in total. The summed E-state index contributed by atoms with van der Waals surface area (Å²) < 4.78 is 14.2. The molecule has 0 saturated heterocycles. The van der Waals surface area contributed by atoms with Crippen molar-refractivity contribution in [3.05, 3.63) is 75.2 Å². The van der Waals surface area contributed by atoms with Crippen LogP contribution < -0.4 is 10.9 Å². The predicted molar refractivity (Wildman–Crippen MR) is 110 cm³/mol. The van der Waals surface area contributed by atoms with Crippen molar-refractivity contribution in [2.45, 2.75) is 13.0 Å². The summed E-state index contributed by atoms with van der Waals surface area (Å²) in [6.45, 7) is 0.318. The monoisotopic (exact) mass is 413 g/mol. The molecule has 0 bridgehead atoms. The molecule has 8 heteroatoms. The molecule has 1 aromatic carbocycles. The fraction of sp³-hybridized carbons (Fsp3) is 0.150. The second-order valence-electron chi connectivity index (χ2n) is 6.21. The van der Waals surface area contributed by atoms with E-state index in [0.29, 0.717) is 23.2 Å². The number of nitrogens with one attached hydrogen (secondary N) is 1. The van der Waals surface area contributed by atoms with E-state index in [1.54, 1.807) is 23.5 Å². The standard InChI is InChI=1S/C20H16FN3O2S2/c21-14-5-3-13(4-6-14)7-8-22-17(25)10-24-12-23-19-18(20(24)26)15(11-28-19)16-2-1-9-27-16/h1-6,9,11-12H,7-8,10H2,(H,22,25). The Kier molecular flexibility index (Phi) is 5.31. The summed E-state index contributed by atoms with van der Waals surface area (Å²) in [4.78, 5) is 31.1. The third-order valence-electron chi connectivity index (χ3n) is 4.31. The van der Waals surface area contributed by atoms with E-state index in [1.807, 2.05) is 22.9 Å². The lowest BCUT2D eigenvalue weighted by molar-refractivity contribution is -0.121. The van der Waals surface area contributed by atoms with E-state index in [2.05, 4.69) is 10.3 Å². The molecule has 0 atom stereocenters. The van der Waals surface area contributed by atoms with Gasteiger partial charge in [-0.2, -0.15) is 0 Å². The molecule has 4 rings (SSSR count). The first-order chi connectivity index (χ1) is 13.6.